The Morgan fingerprint density at radius 3 is 2.48 bits per heavy atom. The van der Waals surface area contributed by atoms with Gasteiger partial charge < -0.3 is 14.8 Å². The summed E-state index contributed by atoms with van der Waals surface area (Å²) < 4.78 is 5.78. The third kappa shape index (κ3) is 5.20. The highest BCUT2D eigenvalue weighted by molar-refractivity contribution is 6.30. The van der Waals surface area contributed by atoms with Crippen molar-refractivity contribution in [3.8, 4) is 0 Å². The van der Waals surface area contributed by atoms with E-state index in [0.29, 0.717) is 35.0 Å². The molecule has 0 radical (unpaired) electrons. The molecule has 0 bridgehead atoms. The molecule has 31 heavy (non-hydrogen) atoms. The van der Waals surface area contributed by atoms with Gasteiger partial charge in [-0.2, -0.15) is 0 Å². The fourth-order valence-electron chi connectivity index (χ4n) is 3.66. The van der Waals surface area contributed by atoms with Crippen molar-refractivity contribution in [3.63, 3.8) is 0 Å². The average Bonchev–Trinajstić information content (AvgIpc) is 3.16. The summed E-state index contributed by atoms with van der Waals surface area (Å²) in [6.45, 7) is 6.97. The molecule has 1 fully saturated rings. The third-order valence-electron chi connectivity index (χ3n) is 5.30. The first-order chi connectivity index (χ1) is 14.8. The van der Waals surface area contributed by atoms with Gasteiger partial charge in [0, 0.05) is 24.4 Å². The highest BCUT2D eigenvalue weighted by atomic mass is 35.5. The van der Waals surface area contributed by atoms with E-state index in [-0.39, 0.29) is 6.04 Å². The fourth-order valence-corrected chi connectivity index (χ4v) is 3.79. The van der Waals surface area contributed by atoms with E-state index in [9.17, 15) is 5.11 Å². The molecule has 0 saturated carbocycles. The molecule has 0 amide bonds. The number of halogens is 1. The van der Waals surface area contributed by atoms with Crippen LogP contribution < -0.4 is 10.2 Å². The third-order valence-corrected chi connectivity index (χ3v) is 5.56. The molecule has 3 aromatic rings. The first-order valence-corrected chi connectivity index (χ1v) is 10.8. The zero-order valence-electron chi connectivity index (χ0n) is 18.0. The number of piperidine rings is 1. The normalized spacial score (nSPS) is 15.3. The number of benzene rings is 1. The molecule has 1 aromatic carbocycles. The van der Waals surface area contributed by atoms with Gasteiger partial charge in [0.1, 0.15) is 5.60 Å². The molecule has 3 heterocycles. The number of aliphatic hydroxyl groups is 1. The summed E-state index contributed by atoms with van der Waals surface area (Å²) in [7, 11) is 0. The van der Waals surface area contributed by atoms with Crippen LogP contribution in [0.2, 0.25) is 5.02 Å². The highest BCUT2D eigenvalue weighted by Gasteiger charge is 2.31. The van der Waals surface area contributed by atoms with Crippen molar-refractivity contribution in [3.05, 3.63) is 58.2 Å². The molecule has 1 aliphatic heterocycles. The predicted octanol–water partition coefficient (Wildman–Crippen LogP) is 3.53. The van der Waals surface area contributed by atoms with Crippen molar-refractivity contribution in [2.45, 2.75) is 51.7 Å². The van der Waals surface area contributed by atoms with Gasteiger partial charge in [0.15, 0.2) is 0 Å². The fraction of sp³-hybridized carbons (Fsp3) is 0.455. The number of anilines is 2. The predicted molar refractivity (Wildman–Crippen MR) is 119 cm³/mol. The van der Waals surface area contributed by atoms with Gasteiger partial charge in [-0.25, -0.2) is 9.97 Å². The Balaban J connectivity index is 1.78. The minimum atomic E-state index is -1.13. The molecule has 8 nitrogen and oxygen atoms in total. The maximum Gasteiger partial charge on any atom is 0.325 e. The second kappa shape index (κ2) is 8.90. The number of aromatic nitrogens is 4. The molecular weight excluding hydrogens is 416 g/mol. The number of hydrogen-bond donors (Lipinski definition) is 2. The van der Waals surface area contributed by atoms with Crippen LogP contribution >= 0.6 is 11.6 Å². The Bertz CT molecular complexity index is 1030. The van der Waals surface area contributed by atoms with Gasteiger partial charge in [0.25, 0.3) is 0 Å². The Morgan fingerprint density at radius 1 is 1.16 bits per heavy atom. The summed E-state index contributed by atoms with van der Waals surface area (Å²) in [5.41, 5.74) is 1.27. The van der Waals surface area contributed by atoms with E-state index in [1.54, 1.807) is 20.8 Å². The molecule has 0 spiro atoms. The summed E-state index contributed by atoms with van der Waals surface area (Å²) in [6, 6.07) is 9.99. The topological polar surface area (TPSA) is 100 Å². The van der Waals surface area contributed by atoms with Gasteiger partial charge in [-0.1, -0.05) is 28.8 Å². The van der Waals surface area contributed by atoms with Crippen LogP contribution in [0.25, 0.3) is 0 Å². The molecule has 0 aliphatic carbocycles. The zero-order valence-corrected chi connectivity index (χ0v) is 18.7. The van der Waals surface area contributed by atoms with Crippen molar-refractivity contribution < 1.29 is 9.52 Å². The maximum atomic E-state index is 10.7. The monoisotopic (exact) mass is 442 g/mol. The Morgan fingerprint density at radius 2 is 1.87 bits per heavy atom. The largest absolute Gasteiger partial charge is 0.408 e. The van der Waals surface area contributed by atoms with E-state index >= 15 is 0 Å². The van der Waals surface area contributed by atoms with Gasteiger partial charge in [0.2, 0.25) is 11.8 Å². The van der Waals surface area contributed by atoms with Gasteiger partial charge in [-0.15, -0.1) is 5.10 Å². The van der Waals surface area contributed by atoms with Crippen molar-refractivity contribution >= 4 is 23.6 Å². The van der Waals surface area contributed by atoms with Crippen LogP contribution in [0.4, 0.5) is 12.0 Å². The van der Waals surface area contributed by atoms with Gasteiger partial charge >= 0.3 is 6.01 Å². The molecule has 2 N–H and O–H groups in total. The summed E-state index contributed by atoms with van der Waals surface area (Å²) in [4.78, 5) is 11.5. The van der Waals surface area contributed by atoms with Crippen LogP contribution in [0.15, 0.2) is 34.7 Å². The van der Waals surface area contributed by atoms with Crippen molar-refractivity contribution in [1.82, 2.24) is 25.5 Å². The highest BCUT2D eigenvalue weighted by Crippen LogP contribution is 2.30. The molecule has 164 valence electrons. The van der Waals surface area contributed by atoms with Crippen molar-refractivity contribution in [2.75, 3.05) is 18.0 Å². The van der Waals surface area contributed by atoms with E-state index in [1.165, 1.54) is 0 Å². The Kier molecular flexibility index (Phi) is 6.22. The van der Waals surface area contributed by atoms with Gasteiger partial charge in [0.05, 0.1) is 11.4 Å². The van der Waals surface area contributed by atoms with E-state index < -0.39 is 5.60 Å². The van der Waals surface area contributed by atoms with E-state index in [2.05, 4.69) is 15.5 Å². The molecule has 1 aliphatic rings. The first kappa shape index (κ1) is 21.7. The lowest BCUT2D eigenvalue weighted by Gasteiger charge is -2.32. The quantitative estimate of drug-likeness (QED) is 0.598. The average molecular weight is 443 g/mol. The van der Waals surface area contributed by atoms with E-state index in [4.69, 9.17) is 26.0 Å². The molecular formula is C22H27ClN6O2. The van der Waals surface area contributed by atoms with Crippen LogP contribution in [-0.4, -0.2) is 44.4 Å². The lowest BCUT2D eigenvalue weighted by atomic mass is 10.0. The van der Waals surface area contributed by atoms with Crippen LogP contribution in [0.1, 0.15) is 49.5 Å². The Labute approximate surface area is 186 Å². The number of hydrogen-bond acceptors (Lipinski definition) is 8. The molecule has 2 aromatic heterocycles. The maximum absolute atomic E-state index is 10.7. The summed E-state index contributed by atoms with van der Waals surface area (Å²) in [5.74, 6) is 0.938. The number of aryl methyl sites for hydroxylation is 1. The summed E-state index contributed by atoms with van der Waals surface area (Å²) in [5, 5.41) is 23.0. The minimum Gasteiger partial charge on any atom is -0.408 e. The van der Waals surface area contributed by atoms with Crippen LogP contribution in [-0.2, 0) is 12.0 Å². The number of nitrogens with zero attached hydrogens (tertiary/aromatic N) is 5. The van der Waals surface area contributed by atoms with Crippen molar-refractivity contribution in [2.24, 2.45) is 0 Å². The smallest absolute Gasteiger partial charge is 0.325 e. The van der Waals surface area contributed by atoms with E-state index in [0.717, 1.165) is 37.2 Å². The number of nitrogens with one attached hydrogen (secondary N) is 1. The van der Waals surface area contributed by atoms with Gasteiger partial charge in [-0.3, -0.25) is 4.90 Å². The molecule has 0 atom stereocenters. The lowest BCUT2D eigenvalue weighted by molar-refractivity contribution is 0.0736. The molecule has 1 saturated heterocycles. The Hall–Kier alpha value is -2.55. The molecule has 0 unspecified atom stereocenters. The first-order valence-electron chi connectivity index (χ1n) is 10.4. The number of rotatable bonds is 6. The SMILES string of the molecule is Cc1nnc(N(c2nc(Cc3ccc(Cl)cc3)cc(C(C)(C)O)n2)C2CCNCC2)o1. The molecule has 9 heteroatoms. The van der Waals surface area contributed by atoms with Crippen LogP contribution in [0.3, 0.4) is 0 Å². The van der Waals surface area contributed by atoms with Gasteiger partial charge in [-0.05, 0) is 63.5 Å². The van der Waals surface area contributed by atoms with Crippen LogP contribution in [0.5, 0.6) is 0 Å². The second-order valence-corrected chi connectivity index (χ2v) is 8.80. The van der Waals surface area contributed by atoms with E-state index in [1.807, 2.05) is 35.2 Å². The van der Waals surface area contributed by atoms with Crippen LogP contribution in [0, 0.1) is 6.92 Å². The van der Waals surface area contributed by atoms with Crippen molar-refractivity contribution in [1.29, 1.82) is 0 Å². The lowest BCUT2D eigenvalue weighted by Crippen LogP contribution is -2.42. The minimum absolute atomic E-state index is 0.113. The standard InChI is InChI=1S/C22H27ClN6O2/c1-14-27-28-21(31-14)29(18-8-10-24-11-9-18)20-25-17(13-19(26-20)22(2,3)30)12-15-4-6-16(23)7-5-15/h4-7,13,18,24,30H,8-12H2,1-3H3. The summed E-state index contributed by atoms with van der Waals surface area (Å²) >= 11 is 6.03. The second-order valence-electron chi connectivity index (χ2n) is 8.36. The zero-order chi connectivity index (χ0) is 22.0. The summed E-state index contributed by atoms with van der Waals surface area (Å²) in [6.07, 6.45) is 2.37. The molecule has 4 rings (SSSR count).